The van der Waals surface area contributed by atoms with Crippen molar-refractivity contribution >= 4 is 5.91 Å². The molecule has 2 aliphatic carbocycles. The van der Waals surface area contributed by atoms with E-state index in [1.165, 1.54) is 18.4 Å². The fourth-order valence-electron chi connectivity index (χ4n) is 3.06. The van der Waals surface area contributed by atoms with Gasteiger partial charge in [-0.25, -0.2) is 0 Å². The van der Waals surface area contributed by atoms with Crippen molar-refractivity contribution in [1.29, 1.82) is 0 Å². The second-order valence-electron chi connectivity index (χ2n) is 5.79. The van der Waals surface area contributed by atoms with Gasteiger partial charge >= 0.3 is 0 Å². The lowest BCUT2D eigenvalue weighted by atomic mass is 10.1. The summed E-state index contributed by atoms with van der Waals surface area (Å²) in [6.45, 7) is 0.463. The lowest BCUT2D eigenvalue weighted by Gasteiger charge is -2.12. The first-order valence-electron chi connectivity index (χ1n) is 7.40. The Morgan fingerprint density at radius 2 is 1.89 bits per heavy atom. The van der Waals surface area contributed by atoms with Gasteiger partial charge in [0.1, 0.15) is 0 Å². The van der Waals surface area contributed by atoms with Gasteiger partial charge in [0.15, 0.2) is 0 Å². The number of nitrogens with one attached hydrogen (secondary N) is 2. The van der Waals surface area contributed by atoms with Crippen LogP contribution in [0.2, 0.25) is 0 Å². The molecule has 0 saturated heterocycles. The second-order valence-corrected chi connectivity index (χ2v) is 5.79. The summed E-state index contributed by atoms with van der Waals surface area (Å²) >= 11 is 0. The monoisotopic (exact) mass is 258 g/mol. The zero-order chi connectivity index (χ0) is 13.1. The minimum atomic E-state index is 0.158. The molecule has 3 heteroatoms. The number of benzene rings is 1. The maximum atomic E-state index is 11.8. The molecule has 1 amide bonds. The van der Waals surface area contributed by atoms with Gasteiger partial charge in [0.2, 0.25) is 5.91 Å². The van der Waals surface area contributed by atoms with E-state index in [0.717, 1.165) is 19.3 Å². The average molecular weight is 258 g/mol. The van der Waals surface area contributed by atoms with Gasteiger partial charge in [-0.15, -0.1) is 0 Å². The molecule has 3 rings (SSSR count). The van der Waals surface area contributed by atoms with Crippen LogP contribution in [0.1, 0.15) is 43.6 Å². The van der Waals surface area contributed by atoms with Crippen LogP contribution < -0.4 is 10.6 Å². The summed E-state index contributed by atoms with van der Waals surface area (Å²) in [6.07, 6.45) is 5.98. The maximum Gasteiger partial charge on any atom is 0.234 e. The Balaban J connectivity index is 1.38. The van der Waals surface area contributed by atoms with Crippen LogP contribution in [0.15, 0.2) is 30.3 Å². The largest absolute Gasteiger partial charge is 0.352 e. The molecule has 2 unspecified atom stereocenters. The normalized spacial score (nSPS) is 26.3. The first-order chi connectivity index (χ1) is 9.33. The number of hydrogen-bond acceptors (Lipinski definition) is 2. The third kappa shape index (κ3) is 3.35. The van der Waals surface area contributed by atoms with E-state index in [4.69, 9.17) is 0 Å². The van der Waals surface area contributed by atoms with Crippen molar-refractivity contribution in [1.82, 2.24) is 10.6 Å². The molecule has 2 saturated carbocycles. The Labute approximate surface area is 114 Å². The van der Waals surface area contributed by atoms with Gasteiger partial charge in [-0.1, -0.05) is 43.2 Å². The van der Waals surface area contributed by atoms with Crippen molar-refractivity contribution < 1.29 is 4.79 Å². The molecule has 102 valence electrons. The van der Waals surface area contributed by atoms with Gasteiger partial charge in [0.25, 0.3) is 0 Å². The molecule has 1 aromatic carbocycles. The molecule has 1 aromatic rings. The number of hydrogen-bond donors (Lipinski definition) is 2. The predicted octanol–water partition coefficient (Wildman–Crippen LogP) is 2.19. The van der Waals surface area contributed by atoms with Crippen LogP contribution in [0.5, 0.6) is 0 Å². The summed E-state index contributed by atoms with van der Waals surface area (Å²) < 4.78 is 0. The highest BCUT2D eigenvalue weighted by Crippen LogP contribution is 2.40. The fourth-order valence-corrected chi connectivity index (χ4v) is 3.06. The molecule has 0 aliphatic heterocycles. The molecule has 2 fully saturated rings. The highest BCUT2D eigenvalue weighted by Gasteiger charge is 2.37. The molecule has 0 heterocycles. The lowest BCUT2D eigenvalue weighted by molar-refractivity contribution is -0.120. The van der Waals surface area contributed by atoms with Crippen molar-refractivity contribution in [2.45, 2.75) is 50.1 Å². The van der Waals surface area contributed by atoms with Crippen molar-refractivity contribution in [3.05, 3.63) is 35.9 Å². The van der Waals surface area contributed by atoms with Crippen molar-refractivity contribution in [3.63, 3.8) is 0 Å². The summed E-state index contributed by atoms with van der Waals surface area (Å²) in [7, 11) is 0. The van der Waals surface area contributed by atoms with Gasteiger partial charge in [-0.3, -0.25) is 4.79 Å². The van der Waals surface area contributed by atoms with E-state index in [9.17, 15) is 4.79 Å². The molecule has 0 aromatic heterocycles. The predicted molar refractivity (Wildman–Crippen MR) is 76.0 cm³/mol. The molecule has 19 heavy (non-hydrogen) atoms. The molecular weight excluding hydrogens is 236 g/mol. The summed E-state index contributed by atoms with van der Waals surface area (Å²) in [6, 6.07) is 11.5. The van der Waals surface area contributed by atoms with Gasteiger partial charge in [-0.05, 0) is 24.8 Å². The van der Waals surface area contributed by atoms with Crippen LogP contribution in [-0.4, -0.2) is 24.5 Å². The molecular formula is C16H22N2O. The molecule has 2 atom stereocenters. The smallest absolute Gasteiger partial charge is 0.234 e. The lowest BCUT2D eigenvalue weighted by Crippen LogP contribution is -2.39. The van der Waals surface area contributed by atoms with Crippen LogP contribution in [0, 0.1) is 0 Å². The third-order valence-electron chi connectivity index (χ3n) is 4.26. The first kappa shape index (κ1) is 12.7. The van der Waals surface area contributed by atoms with E-state index < -0.39 is 0 Å². The Bertz CT molecular complexity index is 426. The summed E-state index contributed by atoms with van der Waals surface area (Å²) in [5, 5.41) is 6.48. The van der Waals surface area contributed by atoms with Crippen molar-refractivity contribution in [2.24, 2.45) is 0 Å². The van der Waals surface area contributed by atoms with Crippen LogP contribution in [0.4, 0.5) is 0 Å². The van der Waals surface area contributed by atoms with E-state index in [1.807, 2.05) is 6.07 Å². The molecule has 0 bridgehead atoms. The Morgan fingerprint density at radius 1 is 1.16 bits per heavy atom. The minimum absolute atomic E-state index is 0.158. The van der Waals surface area contributed by atoms with E-state index in [2.05, 4.69) is 34.9 Å². The van der Waals surface area contributed by atoms with Gasteiger partial charge in [0, 0.05) is 18.0 Å². The molecule has 2 aliphatic rings. The Kier molecular flexibility index (Phi) is 3.83. The Hall–Kier alpha value is -1.35. The summed E-state index contributed by atoms with van der Waals surface area (Å²) in [5.74, 6) is 0.756. The number of rotatable bonds is 5. The fraction of sp³-hybridized carbons (Fsp3) is 0.562. The van der Waals surface area contributed by atoms with E-state index >= 15 is 0 Å². The highest BCUT2D eigenvalue weighted by atomic mass is 16.2. The standard InChI is InChI=1S/C16H22N2O/c19-16(18-13-8-4-5-9-13)11-17-15-10-14(15)12-6-2-1-3-7-12/h1-3,6-7,13-15,17H,4-5,8-11H2,(H,18,19). The summed E-state index contributed by atoms with van der Waals surface area (Å²) in [5.41, 5.74) is 1.39. The van der Waals surface area contributed by atoms with Gasteiger partial charge in [-0.2, -0.15) is 0 Å². The quantitative estimate of drug-likeness (QED) is 0.850. The van der Waals surface area contributed by atoms with Crippen LogP contribution >= 0.6 is 0 Å². The van der Waals surface area contributed by atoms with E-state index in [1.54, 1.807) is 0 Å². The van der Waals surface area contributed by atoms with Crippen LogP contribution in [0.25, 0.3) is 0 Å². The van der Waals surface area contributed by atoms with Crippen LogP contribution in [0.3, 0.4) is 0 Å². The minimum Gasteiger partial charge on any atom is -0.352 e. The zero-order valence-electron chi connectivity index (χ0n) is 11.3. The first-order valence-corrected chi connectivity index (χ1v) is 7.40. The molecule has 2 N–H and O–H groups in total. The van der Waals surface area contributed by atoms with Crippen molar-refractivity contribution in [3.8, 4) is 0 Å². The highest BCUT2D eigenvalue weighted by molar-refractivity contribution is 5.78. The SMILES string of the molecule is O=C(CNC1CC1c1ccccc1)NC1CCCC1. The summed E-state index contributed by atoms with van der Waals surface area (Å²) in [4.78, 5) is 11.8. The zero-order valence-corrected chi connectivity index (χ0v) is 11.3. The van der Waals surface area contributed by atoms with E-state index in [-0.39, 0.29) is 5.91 Å². The number of carbonyl (C=O) groups excluding carboxylic acids is 1. The molecule has 3 nitrogen and oxygen atoms in total. The van der Waals surface area contributed by atoms with E-state index in [0.29, 0.717) is 24.5 Å². The number of amides is 1. The maximum absolute atomic E-state index is 11.8. The molecule has 0 spiro atoms. The average Bonchev–Trinajstić information content (AvgIpc) is 3.05. The van der Waals surface area contributed by atoms with Gasteiger partial charge in [0.05, 0.1) is 6.54 Å². The third-order valence-corrected chi connectivity index (χ3v) is 4.26. The van der Waals surface area contributed by atoms with Crippen LogP contribution in [-0.2, 0) is 4.79 Å². The topological polar surface area (TPSA) is 41.1 Å². The second kappa shape index (κ2) is 5.74. The Morgan fingerprint density at radius 3 is 2.63 bits per heavy atom. The van der Waals surface area contributed by atoms with Crippen molar-refractivity contribution in [2.75, 3.05) is 6.54 Å². The number of carbonyl (C=O) groups is 1. The molecule has 0 radical (unpaired) electrons. The van der Waals surface area contributed by atoms with Gasteiger partial charge < -0.3 is 10.6 Å².